The van der Waals surface area contributed by atoms with Gasteiger partial charge in [0.1, 0.15) is 11.5 Å². The molecule has 0 aromatic heterocycles. The molecule has 0 bridgehead atoms. The first-order valence-corrected chi connectivity index (χ1v) is 9.86. The monoisotopic (exact) mass is 376 g/mol. The highest BCUT2D eigenvalue weighted by Gasteiger charge is 2.30. The summed E-state index contributed by atoms with van der Waals surface area (Å²) in [6, 6.07) is 17.2. The van der Waals surface area contributed by atoms with E-state index in [4.69, 9.17) is 9.47 Å². The standard InChI is InChI=1S/C26H32O2/c1-25(2,3)22-14-13-21(24(28-8)23(22)26(4,5)6)19-10-9-18-16-20(27-7)12-11-17(18)15-19/h9-16H,1-8H3. The van der Waals surface area contributed by atoms with E-state index in [1.807, 2.05) is 6.07 Å². The summed E-state index contributed by atoms with van der Waals surface area (Å²) in [5.74, 6) is 1.86. The quantitative estimate of drug-likeness (QED) is 0.484. The Bertz CT molecular complexity index is 1000. The molecule has 0 amide bonds. The summed E-state index contributed by atoms with van der Waals surface area (Å²) in [6.07, 6.45) is 0. The van der Waals surface area contributed by atoms with Crippen molar-refractivity contribution >= 4 is 10.8 Å². The van der Waals surface area contributed by atoms with Crippen LogP contribution in [-0.2, 0) is 10.8 Å². The van der Waals surface area contributed by atoms with Gasteiger partial charge >= 0.3 is 0 Å². The first kappa shape index (κ1) is 20.3. The second-order valence-corrected chi connectivity index (χ2v) is 9.50. The van der Waals surface area contributed by atoms with Crippen molar-refractivity contribution < 1.29 is 9.47 Å². The summed E-state index contributed by atoms with van der Waals surface area (Å²) in [6.45, 7) is 13.6. The zero-order valence-electron chi connectivity index (χ0n) is 18.4. The molecule has 0 radical (unpaired) electrons. The molecule has 0 heterocycles. The predicted octanol–water partition coefficient (Wildman–Crippen LogP) is 7.12. The molecule has 0 aliphatic heterocycles. The highest BCUT2D eigenvalue weighted by atomic mass is 16.5. The Morgan fingerprint density at radius 1 is 0.643 bits per heavy atom. The number of rotatable bonds is 3. The summed E-state index contributed by atoms with van der Waals surface area (Å²) in [7, 11) is 3.48. The molecule has 3 aromatic rings. The Hall–Kier alpha value is -2.48. The van der Waals surface area contributed by atoms with Crippen LogP contribution in [0.2, 0.25) is 0 Å². The minimum Gasteiger partial charge on any atom is -0.497 e. The Morgan fingerprint density at radius 3 is 1.86 bits per heavy atom. The molecule has 2 heteroatoms. The molecule has 0 unspecified atom stereocenters. The molecule has 0 N–H and O–H groups in total. The maximum atomic E-state index is 6.02. The third-order valence-corrected chi connectivity index (χ3v) is 5.28. The van der Waals surface area contributed by atoms with E-state index >= 15 is 0 Å². The molecule has 28 heavy (non-hydrogen) atoms. The van der Waals surface area contributed by atoms with Crippen molar-refractivity contribution in [2.75, 3.05) is 14.2 Å². The lowest BCUT2D eigenvalue weighted by Crippen LogP contribution is -2.23. The predicted molar refractivity (Wildman–Crippen MR) is 120 cm³/mol. The van der Waals surface area contributed by atoms with E-state index in [-0.39, 0.29) is 10.8 Å². The Morgan fingerprint density at radius 2 is 1.29 bits per heavy atom. The maximum Gasteiger partial charge on any atom is 0.130 e. The Kier molecular flexibility index (Phi) is 5.18. The average Bonchev–Trinajstić information content (AvgIpc) is 2.64. The van der Waals surface area contributed by atoms with Gasteiger partial charge in [-0.05, 0) is 50.9 Å². The topological polar surface area (TPSA) is 18.5 Å². The molecule has 0 fully saturated rings. The van der Waals surface area contributed by atoms with E-state index in [0.29, 0.717) is 0 Å². The molecule has 3 aromatic carbocycles. The number of hydrogen-bond acceptors (Lipinski definition) is 2. The normalized spacial score (nSPS) is 12.3. The minimum absolute atomic E-state index is 0.0197. The van der Waals surface area contributed by atoms with Gasteiger partial charge < -0.3 is 9.47 Å². The molecular weight excluding hydrogens is 344 g/mol. The van der Waals surface area contributed by atoms with Crippen molar-refractivity contribution in [2.45, 2.75) is 52.4 Å². The van der Waals surface area contributed by atoms with E-state index in [1.165, 1.54) is 27.5 Å². The van der Waals surface area contributed by atoms with Gasteiger partial charge in [-0.2, -0.15) is 0 Å². The van der Waals surface area contributed by atoms with Gasteiger partial charge in [-0.3, -0.25) is 0 Å². The summed E-state index contributed by atoms with van der Waals surface area (Å²) in [4.78, 5) is 0. The van der Waals surface area contributed by atoms with Gasteiger partial charge in [-0.25, -0.2) is 0 Å². The lowest BCUT2D eigenvalue weighted by Gasteiger charge is -2.32. The van der Waals surface area contributed by atoms with E-state index in [0.717, 1.165) is 17.1 Å². The molecule has 2 nitrogen and oxygen atoms in total. The Balaban J connectivity index is 2.26. The first-order chi connectivity index (χ1) is 13.1. The van der Waals surface area contributed by atoms with Crippen LogP contribution in [0.5, 0.6) is 11.5 Å². The summed E-state index contributed by atoms with van der Waals surface area (Å²) >= 11 is 0. The van der Waals surface area contributed by atoms with Gasteiger partial charge in [0.2, 0.25) is 0 Å². The zero-order valence-corrected chi connectivity index (χ0v) is 18.4. The van der Waals surface area contributed by atoms with Crippen LogP contribution in [0.1, 0.15) is 52.7 Å². The van der Waals surface area contributed by atoms with E-state index in [1.54, 1.807) is 14.2 Å². The third kappa shape index (κ3) is 3.73. The van der Waals surface area contributed by atoms with E-state index in [2.05, 4.69) is 84.0 Å². The van der Waals surface area contributed by atoms with Crippen LogP contribution >= 0.6 is 0 Å². The maximum absolute atomic E-state index is 6.02. The zero-order chi connectivity index (χ0) is 20.7. The second kappa shape index (κ2) is 7.16. The molecule has 0 aliphatic rings. The summed E-state index contributed by atoms with van der Waals surface area (Å²) < 4.78 is 11.4. The lowest BCUT2D eigenvalue weighted by molar-refractivity contribution is 0.393. The average molecular weight is 377 g/mol. The van der Waals surface area contributed by atoms with Gasteiger partial charge in [0.05, 0.1) is 14.2 Å². The van der Waals surface area contributed by atoms with E-state index < -0.39 is 0 Å². The summed E-state index contributed by atoms with van der Waals surface area (Å²) in [5, 5.41) is 2.36. The van der Waals surface area contributed by atoms with Crippen LogP contribution in [-0.4, -0.2) is 14.2 Å². The van der Waals surface area contributed by atoms with Crippen LogP contribution in [0.25, 0.3) is 21.9 Å². The molecule has 0 aliphatic carbocycles. The SMILES string of the molecule is COc1ccc2cc(-c3ccc(C(C)(C)C)c(C(C)(C)C)c3OC)ccc2c1. The van der Waals surface area contributed by atoms with Crippen molar-refractivity contribution in [1.29, 1.82) is 0 Å². The highest BCUT2D eigenvalue weighted by molar-refractivity contribution is 5.89. The fourth-order valence-electron chi connectivity index (χ4n) is 3.91. The van der Waals surface area contributed by atoms with Crippen LogP contribution in [0.3, 0.4) is 0 Å². The Labute approximate surface area is 169 Å². The molecule has 3 rings (SSSR count). The fourth-order valence-corrected chi connectivity index (χ4v) is 3.91. The van der Waals surface area contributed by atoms with Crippen LogP contribution in [0.15, 0.2) is 48.5 Å². The molecule has 0 spiro atoms. The van der Waals surface area contributed by atoms with E-state index in [9.17, 15) is 0 Å². The van der Waals surface area contributed by atoms with Crippen molar-refractivity contribution in [3.63, 3.8) is 0 Å². The van der Waals surface area contributed by atoms with Crippen LogP contribution in [0.4, 0.5) is 0 Å². The van der Waals surface area contributed by atoms with Crippen molar-refractivity contribution in [3.8, 4) is 22.6 Å². The van der Waals surface area contributed by atoms with Gasteiger partial charge in [-0.1, -0.05) is 71.9 Å². The third-order valence-electron chi connectivity index (χ3n) is 5.28. The van der Waals surface area contributed by atoms with Gasteiger partial charge in [-0.15, -0.1) is 0 Å². The van der Waals surface area contributed by atoms with Crippen molar-refractivity contribution in [2.24, 2.45) is 0 Å². The number of benzene rings is 3. The smallest absolute Gasteiger partial charge is 0.130 e. The molecule has 0 atom stereocenters. The number of fused-ring (bicyclic) bond motifs is 1. The largest absolute Gasteiger partial charge is 0.497 e. The summed E-state index contributed by atoms with van der Waals surface area (Å²) in [5.41, 5.74) is 4.96. The molecule has 0 saturated heterocycles. The number of methoxy groups -OCH3 is 2. The number of ether oxygens (including phenoxy) is 2. The molecule has 0 saturated carbocycles. The minimum atomic E-state index is -0.0197. The van der Waals surface area contributed by atoms with Gasteiger partial charge in [0.25, 0.3) is 0 Å². The molecule has 148 valence electrons. The molecular formula is C26H32O2. The highest BCUT2D eigenvalue weighted by Crippen LogP contribution is 2.45. The number of hydrogen-bond donors (Lipinski definition) is 0. The van der Waals surface area contributed by atoms with Crippen LogP contribution < -0.4 is 9.47 Å². The first-order valence-electron chi connectivity index (χ1n) is 9.86. The van der Waals surface area contributed by atoms with Crippen molar-refractivity contribution in [1.82, 2.24) is 0 Å². The van der Waals surface area contributed by atoms with Gasteiger partial charge in [0.15, 0.2) is 0 Å². The lowest BCUT2D eigenvalue weighted by atomic mass is 9.73. The van der Waals surface area contributed by atoms with Crippen molar-refractivity contribution in [3.05, 3.63) is 59.7 Å². The second-order valence-electron chi connectivity index (χ2n) is 9.50. The van der Waals surface area contributed by atoms with Crippen LogP contribution in [0, 0.1) is 0 Å². The van der Waals surface area contributed by atoms with Gasteiger partial charge in [0, 0.05) is 11.1 Å². The fraction of sp³-hybridized carbons (Fsp3) is 0.385.